The second-order valence-electron chi connectivity index (χ2n) is 7.88. The number of carbonyl (C=O) groups is 3. The van der Waals surface area contributed by atoms with Gasteiger partial charge in [-0.2, -0.15) is 5.26 Å². The molecule has 1 heterocycles. The predicted octanol–water partition coefficient (Wildman–Crippen LogP) is 4.03. The van der Waals surface area contributed by atoms with Gasteiger partial charge in [-0.3, -0.25) is 4.79 Å². The summed E-state index contributed by atoms with van der Waals surface area (Å²) >= 11 is 1.31. The van der Waals surface area contributed by atoms with Gasteiger partial charge in [-0.25, -0.2) is 9.59 Å². The number of anilines is 1. The van der Waals surface area contributed by atoms with Gasteiger partial charge >= 0.3 is 12.1 Å². The van der Waals surface area contributed by atoms with Crippen LogP contribution < -0.4 is 10.2 Å². The lowest BCUT2D eigenvalue weighted by atomic mass is 10.1. The number of hydrogen-bond acceptors (Lipinski definition) is 8. The third kappa shape index (κ3) is 5.97. The van der Waals surface area contributed by atoms with Crippen molar-refractivity contribution >= 4 is 35.3 Å². The Morgan fingerprint density at radius 3 is 2.38 bits per heavy atom. The van der Waals surface area contributed by atoms with Gasteiger partial charge in [0.1, 0.15) is 29.3 Å². The van der Waals surface area contributed by atoms with Crippen LogP contribution in [0.3, 0.4) is 0 Å². The number of Topliss-reactive ketones (excluding diaryl/α,β-unsaturated/α-hetero) is 1. The van der Waals surface area contributed by atoms with Crippen molar-refractivity contribution in [1.82, 2.24) is 5.32 Å². The number of nitrogens with zero attached hydrogens (tertiary/aromatic N) is 2. The minimum atomic E-state index is -1.01. The van der Waals surface area contributed by atoms with Gasteiger partial charge in [0.15, 0.2) is 6.61 Å². The first-order chi connectivity index (χ1) is 16.3. The summed E-state index contributed by atoms with van der Waals surface area (Å²) in [5.74, 6) is -1.71. The number of esters is 1. The van der Waals surface area contributed by atoms with E-state index in [9.17, 15) is 19.6 Å². The van der Waals surface area contributed by atoms with Crippen molar-refractivity contribution in [2.45, 2.75) is 31.4 Å². The van der Waals surface area contributed by atoms with E-state index < -0.39 is 30.5 Å². The zero-order chi connectivity index (χ0) is 24.7. The quantitative estimate of drug-likeness (QED) is 0.343. The van der Waals surface area contributed by atoms with E-state index in [2.05, 4.69) is 5.32 Å². The van der Waals surface area contributed by atoms with Crippen molar-refractivity contribution < 1.29 is 23.9 Å². The monoisotopic (exact) mass is 479 g/mol. The molecule has 0 radical (unpaired) electrons. The van der Waals surface area contributed by atoms with Crippen LogP contribution >= 0.6 is 11.8 Å². The van der Waals surface area contributed by atoms with Crippen molar-refractivity contribution in [3.63, 3.8) is 0 Å². The normalized spacial score (nSPS) is 14.6. The van der Waals surface area contributed by atoms with Gasteiger partial charge in [-0.15, -0.1) is 0 Å². The van der Waals surface area contributed by atoms with Crippen LogP contribution in [0.15, 0.2) is 70.1 Å². The van der Waals surface area contributed by atoms with Crippen LogP contribution in [-0.2, 0) is 25.7 Å². The number of amides is 1. The molecule has 176 valence electrons. The van der Waals surface area contributed by atoms with Crippen molar-refractivity contribution in [2.24, 2.45) is 5.92 Å². The second-order valence-corrected chi connectivity index (χ2v) is 8.91. The van der Waals surface area contributed by atoms with E-state index in [4.69, 9.17) is 9.47 Å². The van der Waals surface area contributed by atoms with Crippen LogP contribution in [-0.4, -0.2) is 37.5 Å². The topological polar surface area (TPSA) is 109 Å². The van der Waals surface area contributed by atoms with E-state index in [1.807, 2.05) is 60.7 Å². The number of ketones is 1. The molecule has 0 bridgehead atoms. The maximum absolute atomic E-state index is 12.7. The number of alkyl carbamates (subject to hydrolysis) is 1. The van der Waals surface area contributed by atoms with E-state index in [1.54, 1.807) is 25.8 Å². The minimum absolute atomic E-state index is 0.0533. The molecule has 2 aromatic carbocycles. The third-order valence-electron chi connectivity index (χ3n) is 5.09. The molecule has 1 atom stereocenters. The molecule has 1 N–H and O–H groups in total. The number of carbonyl (C=O) groups excluding carboxylic acids is 3. The Kier molecular flexibility index (Phi) is 8.33. The number of para-hydroxylation sites is 1. The summed E-state index contributed by atoms with van der Waals surface area (Å²) in [6.45, 7) is 2.90. The SMILES string of the molecule is CC(C)[C@H](NC(=O)OCc1ccccc1)C(=O)OCC(=O)/C(C#N)=C1\Sc2ccccc2N1C. The summed E-state index contributed by atoms with van der Waals surface area (Å²) in [5.41, 5.74) is 1.60. The number of fused-ring (bicyclic) bond motifs is 1. The Balaban J connectivity index is 1.59. The fraction of sp³-hybridized carbons (Fsp3) is 0.280. The van der Waals surface area contributed by atoms with E-state index in [0.29, 0.717) is 5.03 Å². The number of nitrogens with one attached hydrogen (secondary N) is 1. The molecule has 0 aromatic heterocycles. The largest absolute Gasteiger partial charge is 0.456 e. The lowest BCUT2D eigenvalue weighted by Crippen LogP contribution is -2.46. The third-order valence-corrected chi connectivity index (χ3v) is 6.33. The van der Waals surface area contributed by atoms with Gasteiger partial charge in [-0.1, -0.05) is 68.1 Å². The van der Waals surface area contributed by atoms with Crippen LogP contribution in [0, 0.1) is 17.2 Å². The maximum Gasteiger partial charge on any atom is 0.408 e. The van der Waals surface area contributed by atoms with Gasteiger partial charge in [0.25, 0.3) is 0 Å². The van der Waals surface area contributed by atoms with E-state index in [0.717, 1.165) is 16.1 Å². The molecule has 0 saturated heterocycles. The fourth-order valence-corrected chi connectivity index (χ4v) is 4.40. The molecule has 0 spiro atoms. The average molecular weight is 480 g/mol. The van der Waals surface area contributed by atoms with Crippen molar-refractivity contribution in [1.29, 1.82) is 5.26 Å². The highest BCUT2D eigenvalue weighted by Crippen LogP contribution is 2.46. The number of nitriles is 1. The maximum atomic E-state index is 12.7. The van der Waals surface area contributed by atoms with Crippen molar-refractivity contribution in [3.05, 3.63) is 70.8 Å². The number of hydrogen-bond donors (Lipinski definition) is 1. The van der Waals surface area contributed by atoms with Gasteiger partial charge in [-0.05, 0) is 23.6 Å². The highest BCUT2D eigenvalue weighted by Gasteiger charge is 2.30. The summed E-state index contributed by atoms with van der Waals surface area (Å²) in [6, 6.07) is 17.6. The van der Waals surface area contributed by atoms with E-state index in [1.165, 1.54) is 11.8 Å². The molecule has 2 aromatic rings. The molecule has 0 saturated carbocycles. The number of ether oxygens (including phenoxy) is 2. The summed E-state index contributed by atoms with van der Waals surface area (Å²) in [7, 11) is 1.77. The summed E-state index contributed by atoms with van der Waals surface area (Å²) in [6.07, 6.45) is -0.771. The van der Waals surface area contributed by atoms with Crippen LogP contribution in [0.5, 0.6) is 0 Å². The highest BCUT2D eigenvalue weighted by molar-refractivity contribution is 8.03. The molecular weight excluding hydrogens is 454 g/mol. The molecule has 0 unspecified atom stereocenters. The standard InChI is InChI=1S/C25H25N3O5S/c1-16(2)22(27-25(31)33-14-17-9-5-4-6-10-17)24(30)32-15-20(29)18(13-26)23-28(3)19-11-7-8-12-21(19)34-23/h4-12,16,22H,14-15H2,1-3H3,(H,27,31)/b23-18-/t22-/m0/s1. The lowest BCUT2D eigenvalue weighted by Gasteiger charge is -2.20. The number of benzene rings is 2. The van der Waals surface area contributed by atoms with Gasteiger partial charge < -0.3 is 19.7 Å². The molecule has 9 heteroatoms. The molecule has 1 aliphatic rings. The Morgan fingerprint density at radius 2 is 1.74 bits per heavy atom. The predicted molar refractivity (Wildman–Crippen MR) is 128 cm³/mol. The Morgan fingerprint density at radius 1 is 1.06 bits per heavy atom. The average Bonchev–Trinajstić information content (AvgIpc) is 3.17. The molecule has 1 aliphatic heterocycles. The first-order valence-corrected chi connectivity index (χ1v) is 11.5. The Bertz CT molecular complexity index is 1140. The van der Waals surface area contributed by atoms with Crippen LogP contribution in [0.1, 0.15) is 19.4 Å². The van der Waals surface area contributed by atoms with Crippen molar-refractivity contribution in [3.8, 4) is 6.07 Å². The molecule has 34 heavy (non-hydrogen) atoms. The first-order valence-electron chi connectivity index (χ1n) is 10.6. The smallest absolute Gasteiger partial charge is 0.408 e. The highest BCUT2D eigenvalue weighted by atomic mass is 32.2. The second kappa shape index (κ2) is 11.4. The summed E-state index contributed by atoms with van der Waals surface area (Å²) < 4.78 is 10.3. The molecule has 3 rings (SSSR count). The van der Waals surface area contributed by atoms with Gasteiger partial charge in [0.2, 0.25) is 5.78 Å². The molecule has 8 nitrogen and oxygen atoms in total. The molecule has 0 aliphatic carbocycles. The molecular formula is C25H25N3O5S. The summed E-state index contributed by atoms with van der Waals surface area (Å²) in [5, 5.41) is 12.6. The Labute approximate surface area is 202 Å². The minimum Gasteiger partial charge on any atom is -0.456 e. The lowest BCUT2D eigenvalue weighted by molar-refractivity contribution is -0.150. The van der Waals surface area contributed by atoms with Gasteiger partial charge in [0.05, 0.1) is 5.69 Å². The van der Waals surface area contributed by atoms with Crippen molar-refractivity contribution in [2.75, 3.05) is 18.6 Å². The van der Waals surface area contributed by atoms with Crippen LogP contribution in [0.4, 0.5) is 10.5 Å². The number of thioether (sulfide) groups is 1. The van der Waals surface area contributed by atoms with E-state index >= 15 is 0 Å². The van der Waals surface area contributed by atoms with Gasteiger partial charge in [0, 0.05) is 11.9 Å². The molecule has 1 amide bonds. The fourth-order valence-electron chi connectivity index (χ4n) is 3.24. The van der Waals surface area contributed by atoms with Crippen LogP contribution in [0.2, 0.25) is 0 Å². The number of rotatable bonds is 8. The molecule has 0 fully saturated rings. The zero-order valence-corrected chi connectivity index (χ0v) is 19.9. The zero-order valence-electron chi connectivity index (χ0n) is 19.1. The van der Waals surface area contributed by atoms with E-state index in [-0.39, 0.29) is 18.1 Å². The Hall–Kier alpha value is -3.77. The van der Waals surface area contributed by atoms with Crippen LogP contribution in [0.25, 0.3) is 0 Å². The summed E-state index contributed by atoms with van der Waals surface area (Å²) in [4.78, 5) is 40.2. The first kappa shape index (κ1) is 24.9.